The maximum Gasteiger partial charge on any atom is 0.330 e. The lowest BCUT2D eigenvalue weighted by atomic mass is 9.90. The van der Waals surface area contributed by atoms with Crippen LogP contribution in [0.5, 0.6) is 0 Å². The van der Waals surface area contributed by atoms with Gasteiger partial charge < -0.3 is 28.9 Å². The predicted molar refractivity (Wildman–Crippen MR) is 319 cm³/mol. The van der Waals surface area contributed by atoms with Crippen molar-refractivity contribution >= 4 is 82.4 Å². The first kappa shape index (κ1) is 55.6. The van der Waals surface area contributed by atoms with E-state index in [1.807, 2.05) is 147 Å². The van der Waals surface area contributed by atoms with Gasteiger partial charge in [0.15, 0.2) is 0 Å². The van der Waals surface area contributed by atoms with E-state index in [-0.39, 0.29) is 38.0 Å². The lowest BCUT2D eigenvalue weighted by molar-refractivity contribution is -0.145. The topological polar surface area (TPSA) is 163 Å². The lowest BCUT2D eigenvalue weighted by Gasteiger charge is -2.17. The first-order valence-corrected chi connectivity index (χ1v) is 27.6. The van der Waals surface area contributed by atoms with Crippen molar-refractivity contribution in [1.82, 2.24) is 19.9 Å². The number of carbonyl (C=O) groups excluding carboxylic acids is 4. The third-order valence-corrected chi connectivity index (χ3v) is 14.0. The molecule has 12 heteroatoms. The van der Waals surface area contributed by atoms with Gasteiger partial charge in [0.05, 0.1) is 61.0 Å². The minimum absolute atomic E-state index is 0.192. The maximum atomic E-state index is 14.2. The zero-order valence-corrected chi connectivity index (χ0v) is 45.7. The van der Waals surface area contributed by atoms with Crippen LogP contribution in [0.1, 0.15) is 121 Å². The number of ether oxygens (including phenoxy) is 4. The Bertz CT molecular complexity index is 3490. The van der Waals surface area contributed by atoms with E-state index in [1.165, 1.54) is 12.2 Å². The number of nitrogens with one attached hydrogen (secondary N) is 2. The average Bonchev–Trinajstić information content (AvgIpc) is 4.35. The molecule has 0 aliphatic carbocycles. The van der Waals surface area contributed by atoms with Crippen LogP contribution in [0.15, 0.2) is 146 Å². The van der Waals surface area contributed by atoms with Crippen LogP contribution in [-0.4, -0.2) is 70.2 Å². The first-order valence-electron chi connectivity index (χ1n) is 27.6. The Morgan fingerprint density at radius 3 is 1.24 bits per heavy atom. The average molecular weight is 1070 g/mol. The van der Waals surface area contributed by atoms with Crippen LogP contribution in [0.4, 0.5) is 0 Å². The van der Waals surface area contributed by atoms with Crippen molar-refractivity contribution in [2.24, 2.45) is 0 Å². The molecular formula is C68H66N4O8. The van der Waals surface area contributed by atoms with Crippen molar-refractivity contribution in [3.8, 4) is 22.3 Å². The first-order chi connectivity index (χ1) is 39.1. The van der Waals surface area contributed by atoms with Crippen LogP contribution >= 0.6 is 0 Å². The Balaban J connectivity index is 1.23. The minimum atomic E-state index is -0.743. The number of H-pyrrole nitrogens is 2. The van der Waals surface area contributed by atoms with Crippen LogP contribution < -0.4 is 0 Å². The number of hydrogen-bond donors (Lipinski definition) is 2. The van der Waals surface area contributed by atoms with Gasteiger partial charge in [0.1, 0.15) is 0 Å². The van der Waals surface area contributed by atoms with Gasteiger partial charge in [-0.2, -0.15) is 0 Å². The molecule has 0 saturated heterocycles. The molecule has 9 rings (SSSR count). The molecule has 4 aromatic carbocycles. The summed E-state index contributed by atoms with van der Waals surface area (Å²) in [4.78, 5) is 71.7. The van der Waals surface area contributed by atoms with E-state index in [0.717, 1.165) is 103 Å². The van der Waals surface area contributed by atoms with Gasteiger partial charge in [-0.3, -0.25) is 9.59 Å². The zero-order chi connectivity index (χ0) is 55.8. The SMILES string of the molecule is CCCCOC(=O)/C=C/c1ccc(C(Cc2c3nc(c(-c4ccccc4)c4ccc([nH]4)c(CC(C(=O)OCC)c4ccc(/C=C/C(=O)OCCCC)cc4)c4ccc([nH]4)c(-c4ccccc4)c4nc2C=C4)C=C3)C(=O)OCC)cc1. The molecular weight excluding hydrogens is 1000 g/mol. The third kappa shape index (κ3) is 13.6. The number of esters is 4. The quantitative estimate of drug-likeness (QED) is 0.0289. The maximum absolute atomic E-state index is 14.2. The zero-order valence-electron chi connectivity index (χ0n) is 45.7. The number of aromatic nitrogens is 4. The standard InChI is InChI=1S/C68H66N4O8/c1-5-9-41-79-63(73)39-25-45-21-27-47(28-22-45)51(67(75)77-7-3)43-53-55-31-35-59(69-55)65(49-17-13-11-14-18-49)61-37-33-57(71-61)54(58-34-38-62(72-58)66(50-19-15-12-16-20-50)60-36-32-56(53)70-60)44-52(68(76)78-8-4)48-29-23-46(24-30-48)26-40-64(74)80-42-10-6-2/h11-40,51-52,69-70H,5-10,41-44H2,1-4H3/b39-25+,40-26+,55-53?,56-53?,57-54?,58-54?,65-59?,65-61?,66-60?,66-62?. The van der Waals surface area contributed by atoms with E-state index >= 15 is 0 Å². The van der Waals surface area contributed by atoms with Crippen molar-refractivity contribution < 1.29 is 38.1 Å². The van der Waals surface area contributed by atoms with Crippen LogP contribution in [0.25, 0.3) is 80.8 Å². The number of unbranched alkanes of at least 4 members (excludes halogenated alkanes) is 2. The molecule has 2 unspecified atom stereocenters. The summed E-state index contributed by atoms with van der Waals surface area (Å²) in [7, 11) is 0. The summed E-state index contributed by atoms with van der Waals surface area (Å²) in [6.45, 7) is 8.82. The predicted octanol–water partition coefficient (Wildman–Crippen LogP) is 14.5. The minimum Gasteiger partial charge on any atom is -0.466 e. The van der Waals surface area contributed by atoms with Gasteiger partial charge in [-0.1, -0.05) is 136 Å². The molecule has 80 heavy (non-hydrogen) atoms. The number of aromatic amines is 2. The number of hydrogen-bond acceptors (Lipinski definition) is 10. The second-order valence-electron chi connectivity index (χ2n) is 19.5. The molecule has 0 saturated carbocycles. The fourth-order valence-corrected chi connectivity index (χ4v) is 9.88. The molecule has 12 nitrogen and oxygen atoms in total. The molecule has 2 atom stereocenters. The van der Waals surface area contributed by atoms with Crippen molar-refractivity contribution in [3.05, 3.63) is 202 Å². The molecule has 2 aliphatic rings. The van der Waals surface area contributed by atoms with E-state index in [1.54, 1.807) is 26.0 Å². The summed E-state index contributed by atoms with van der Waals surface area (Å²) < 4.78 is 22.2. The van der Waals surface area contributed by atoms with E-state index in [4.69, 9.17) is 28.9 Å². The van der Waals surface area contributed by atoms with Gasteiger partial charge >= 0.3 is 23.9 Å². The van der Waals surface area contributed by atoms with Gasteiger partial charge in [0.25, 0.3) is 0 Å². The number of benzene rings is 4. The molecule has 3 aromatic heterocycles. The summed E-state index contributed by atoms with van der Waals surface area (Å²) in [6.07, 6.45) is 18.2. The highest BCUT2D eigenvalue weighted by Gasteiger charge is 2.28. The van der Waals surface area contributed by atoms with E-state index in [9.17, 15) is 19.2 Å². The third-order valence-electron chi connectivity index (χ3n) is 14.0. The summed E-state index contributed by atoms with van der Waals surface area (Å²) >= 11 is 0. The van der Waals surface area contributed by atoms with Crippen LogP contribution in [0.2, 0.25) is 0 Å². The Kier molecular flexibility index (Phi) is 18.7. The fourth-order valence-electron chi connectivity index (χ4n) is 9.88. The summed E-state index contributed by atoms with van der Waals surface area (Å²) in [6, 6.07) is 43.5. The van der Waals surface area contributed by atoms with Crippen molar-refractivity contribution in [1.29, 1.82) is 0 Å². The highest BCUT2D eigenvalue weighted by Crippen LogP contribution is 2.37. The molecule has 2 N–H and O–H groups in total. The van der Waals surface area contributed by atoms with E-state index in [0.29, 0.717) is 36.0 Å². The Hall–Kier alpha value is -9.16. The summed E-state index contributed by atoms with van der Waals surface area (Å²) in [5.41, 5.74) is 14.0. The van der Waals surface area contributed by atoms with Gasteiger partial charge in [-0.25, -0.2) is 19.6 Å². The second-order valence-corrected chi connectivity index (χ2v) is 19.5. The van der Waals surface area contributed by atoms with Crippen LogP contribution in [0.3, 0.4) is 0 Å². The largest absolute Gasteiger partial charge is 0.466 e. The van der Waals surface area contributed by atoms with Crippen molar-refractivity contribution in [2.45, 2.75) is 78.1 Å². The van der Waals surface area contributed by atoms with Gasteiger partial charge in [0, 0.05) is 56.5 Å². The summed E-state index contributed by atoms with van der Waals surface area (Å²) in [5, 5.41) is 0. The smallest absolute Gasteiger partial charge is 0.330 e. The number of fused-ring (bicyclic) bond motifs is 8. The van der Waals surface area contributed by atoms with Crippen LogP contribution in [0, 0.1) is 0 Å². The molecule has 0 fully saturated rings. The Morgan fingerprint density at radius 1 is 0.450 bits per heavy atom. The number of rotatable bonds is 22. The van der Waals surface area contributed by atoms with E-state index in [2.05, 4.69) is 34.2 Å². The Labute approximate surface area is 467 Å². The molecule has 0 radical (unpaired) electrons. The molecule has 0 amide bonds. The molecule has 406 valence electrons. The van der Waals surface area contributed by atoms with Gasteiger partial charge in [-0.05, 0) is 134 Å². The molecule has 5 heterocycles. The number of nitrogens with zero attached hydrogens (tertiary/aromatic N) is 2. The fraction of sp³-hybridized carbons (Fsp3) is 0.235. The molecule has 8 bridgehead atoms. The van der Waals surface area contributed by atoms with Crippen molar-refractivity contribution in [2.75, 3.05) is 26.4 Å². The van der Waals surface area contributed by atoms with Gasteiger partial charge in [-0.15, -0.1) is 0 Å². The normalized spacial score (nSPS) is 12.7. The highest BCUT2D eigenvalue weighted by molar-refractivity contribution is 5.95. The molecule has 7 aromatic rings. The van der Waals surface area contributed by atoms with Crippen LogP contribution in [-0.2, 0) is 51.0 Å². The molecule has 2 aliphatic heterocycles. The highest BCUT2D eigenvalue weighted by atomic mass is 16.5. The van der Waals surface area contributed by atoms with E-state index < -0.39 is 23.8 Å². The Morgan fingerprint density at radius 2 is 0.838 bits per heavy atom. The van der Waals surface area contributed by atoms with Gasteiger partial charge in [0.2, 0.25) is 0 Å². The monoisotopic (exact) mass is 1070 g/mol. The number of carbonyl (C=O) groups is 4. The lowest BCUT2D eigenvalue weighted by Crippen LogP contribution is -2.19. The summed E-state index contributed by atoms with van der Waals surface area (Å²) in [5.74, 6) is -3.02. The molecule has 0 spiro atoms. The van der Waals surface area contributed by atoms with Crippen molar-refractivity contribution in [3.63, 3.8) is 0 Å². The second kappa shape index (κ2) is 26.9.